The molecule has 8 aromatic carbocycles. The molecule has 0 aromatic heterocycles. The molecule has 0 spiro atoms. The maximum absolute atomic E-state index is 2.47. The van der Waals surface area contributed by atoms with Crippen molar-refractivity contribution in [2.75, 3.05) is 0 Å². The Morgan fingerprint density at radius 2 is 0.527 bits per heavy atom. The molecule has 0 bridgehead atoms. The van der Waals surface area contributed by atoms with Gasteiger partial charge in [0, 0.05) is 16.2 Å². The summed E-state index contributed by atoms with van der Waals surface area (Å²) in [4.78, 5) is 0. The highest BCUT2D eigenvalue weighted by Crippen LogP contribution is 2.54. The van der Waals surface area contributed by atoms with Crippen LogP contribution < -0.4 is 0 Å². The molecule has 3 aliphatic rings. The van der Waals surface area contributed by atoms with Gasteiger partial charge in [0.25, 0.3) is 0 Å². The summed E-state index contributed by atoms with van der Waals surface area (Å²) < 4.78 is 0. The molecule has 0 atom stereocenters. The summed E-state index contributed by atoms with van der Waals surface area (Å²) in [6.45, 7) is 14.3. The van der Waals surface area contributed by atoms with Gasteiger partial charge in [0.15, 0.2) is 0 Å². The van der Waals surface area contributed by atoms with Gasteiger partial charge < -0.3 is 0 Å². The van der Waals surface area contributed by atoms with E-state index in [-0.39, 0.29) is 16.2 Å². The molecule has 0 radical (unpaired) electrons. The van der Waals surface area contributed by atoms with Gasteiger partial charge in [-0.05, 0) is 147 Å². The minimum Gasteiger partial charge on any atom is -0.0619 e. The molecule has 0 unspecified atom stereocenters. The van der Waals surface area contributed by atoms with Crippen molar-refractivity contribution in [3.63, 3.8) is 0 Å². The monoisotopic (exact) mass is 704 g/mol. The normalized spacial score (nSPS) is 15.9. The van der Waals surface area contributed by atoms with Crippen LogP contribution in [0.2, 0.25) is 0 Å². The standard InChI is InChI=1S/C55H44/c1-53(2)47-14-10-9-13-41(47)42-22-18-37(29-48(42)53)38-19-24-45-46-26-21-40(32-52(46)55(5,6)51(45)30-38)39-20-25-44-43-23-17-36(28-49(43)54(3,4)50(44)31-39)35-16-15-33-11-7-8-12-34(33)27-35/h7-32H,1-6H3. The summed E-state index contributed by atoms with van der Waals surface area (Å²) >= 11 is 0. The Morgan fingerprint density at radius 3 is 0.945 bits per heavy atom. The van der Waals surface area contributed by atoms with Crippen molar-refractivity contribution in [1.29, 1.82) is 0 Å². The first kappa shape index (κ1) is 32.5. The maximum atomic E-state index is 2.47. The van der Waals surface area contributed by atoms with E-state index in [1.807, 2.05) is 0 Å². The fourth-order valence-electron chi connectivity index (χ4n) is 10.4. The lowest BCUT2D eigenvalue weighted by molar-refractivity contribution is 0.659. The molecule has 0 amide bonds. The Balaban J connectivity index is 0.926. The first-order chi connectivity index (χ1) is 26.5. The molecule has 55 heavy (non-hydrogen) atoms. The van der Waals surface area contributed by atoms with Crippen molar-refractivity contribution in [1.82, 2.24) is 0 Å². The Hall–Kier alpha value is -5.98. The van der Waals surface area contributed by atoms with Gasteiger partial charge in [-0.1, -0.05) is 163 Å². The van der Waals surface area contributed by atoms with Crippen molar-refractivity contribution >= 4 is 10.8 Å². The molecule has 0 saturated heterocycles. The number of hydrogen-bond donors (Lipinski definition) is 0. The average Bonchev–Trinajstić information content (AvgIpc) is 3.69. The Labute approximate surface area is 325 Å². The van der Waals surface area contributed by atoms with Crippen molar-refractivity contribution < 1.29 is 0 Å². The molecule has 0 nitrogen and oxygen atoms in total. The molecular formula is C55H44. The van der Waals surface area contributed by atoms with E-state index in [9.17, 15) is 0 Å². The summed E-state index contributed by atoms with van der Waals surface area (Å²) in [7, 11) is 0. The predicted molar refractivity (Wildman–Crippen MR) is 233 cm³/mol. The van der Waals surface area contributed by atoms with E-state index in [4.69, 9.17) is 0 Å². The molecule has 11 rings (SSSR count). The summed E-state index contributed by atoms with van der Waals surface area (Å²) in [6.07, 6.45) is 0. The highest BCUT2D eigenvalue weighted by Gasteiger charge is 2.39. The lowest BCUT2D eigenvalue weighted by Gasteiger charge is -2.24. The highest BCUT2D eigenvalue weighted by atomic mass is 14.4. The SMILES string of the molecule is CC1(C)c2ccccc2-c2ccc(-c3ccc4c(c3)C(C)(C)c3cc(-c5ccc6c(c5)C(C)(C)c5cc(-c7ccc8ccccc8c7)ccc5-6)ccc3-4)cc21. The molecule has 8 aromatic rings. The van der Waals surface area contributed by atoms with Crippen LogP contribution >= 0.6 is 0 Å². The van der Waals surface area contributed by atoms with Crippen LogP contribution in [0.15, 0.2) is 158 Å². The second-order valence-electron chi connectivity index (χ2n) is 17.8. The zero-order chi connectivity index (χ0) is 37.4. The molecule has 0 heterocycles. The molecule has 0 N–H and O–H groups in total. The summed E-state index contributed by atoms with van der Waals surface area (Å²) in [6, 6.07) is 60.1. The first-order valence-electron chi connectivity index (χ1n) is 19.8. The number of fused-ring (bicyclic) bond motifs is 10. The zero-order valence-corrected chi connectivity index (χ0v) is 32.5. The fraction of sp³-hybridized carbons (Fsp3) is 0.164. The molecule has 264 valence electrons. The third-order valence-electron chi connectivity index (χ3n) is 13.7. The van der Waals surface area contributed by atoms with Crippen molar-refractivity contribution in [3.8, 4) is 66.8 Å². The van der Waals surface area contributed by atoms with Crippen LogP contribution in [0.5, 0.6) is 0 Å². The molecule has 0 saturated carbocycles. The highest BCUT2D eigenvalue weighted by molar-refractivity contribution is 5.91. The average molecular weight is 705 g/mol. The summed E-state index contributed by atoms with van der Waals surface area (Å²) in [5.41, 5.74) is 24.1. The molecule has 0 heteroatoms. The third-order valence-corrected chi connectivity index (χ3v) is 13.7. The first-order valence-corrected chi connectivity index (χ1v) is 19.8. The van der Waals surface area contributed by atoms with E-state index in [0.29, 0.717) is 0 Å². The minimum absolute atomic E-state index is 0.0129. The molecular weight excluding hydrogens is 661 g/mol. The maximum Gasteiger partial charge on any atom is 0.0159 e. The Morgan fingerprint density at radius 1 is 0.236 bits per heavy atom. The van der Waals surface area contributed by atoms with Gasteiger partial charge in [-0.3, -0.25) is 0 Å². The number of hydrogen-bond acceptors (Lipinski definition) is 0. The Bertz CT molecular complexity index is 2950. The van der Waals surface area contributed by atoms with Crippen LogP contribution in [-0.4, -0.2) is 0 Å². The predicted octanol–water partition coefficient (Wildman–Crippen LogP) is 14.8. The van der Waals surface area contributed by atoms with E-state index in [1.54, 1.807) is 0 Å². The third kappa shape index (κ3) is 4.52. The van der Waals surface area contributed by atoms with E-state index < -0.39 is 0 Å². The van der Waals surface area contributed by atoms with Crippen molar-refractivity contribution in [3.05, 3.63) is 191 Å². The van der Waals surface area contributed by atoms with Gasteiger partial charge in [0.1, 0.15) is 0 Å². The van der Waals surface area contributed by atoms with Gasteiger partial charge in [-0.15, -0.1) is 0 Å². The largest absolute Gasteiger partial charge is 0.0619 e. The van der Waals surface area contributed by atoms with Gasteiger partial charge in [-0.25, -0.2) is 0 Å². The number of rotatable bonds is 3. The van der Waals surface area contributed by atoms with Crippen LogP contribution in [-0.2, 0) is 16.2 Å². The zero-order valence-electron chi connectivity index (χ0n) is 32.5. The topological polar surface area (TPSA) is 0 Å². The van der Waals surface area contributed by atoms with Gasteiger partial charge in [0.05, 0.1) is 0 Å². The second-order valence-corrected chi connectivity index (χ2v) is 17.8. The van der Waals surface area contributed by atoms with Crippen LogP contribution in [0.3, 0.4) is 0 Å². The van der Waals surface area contributed by atoms with Gasteiger partial charge >= 0.3 is 0 Å². The van der Waals surface area contributed by atoms with Gasteiger partial charge in [0.2, 0.25) is 0 Å². The summed E-state index contributed by atoms with van der Waals surface area (Å²) in [5, 5.41) is 2.56. The van der Waals surface area contributed by atoms with E-state index >= 15 is 0 Å². The van der Waals surface area contributed by atoms with Gasteiger partial charge in [-0.2, -0.15) is 0 Å². The quantitative estimate of drug-likeness (QED) is 0.172. The van der Waals surface area contributed by atoms with Crippen LogP contribution in [0, 0.1) is 0 Å². The lowest BCUT2D eigenvalue weighted by atomic mass is 9.79. The molecule has 0 fully saturated rings. The fourth-order valence-corrected chi connectivity index (χ4v) is 10.4. The van der Waals surface area contributed by atoms with E-state index in [0.717, 1.165) is 0 Å². The summed E-state index contributed by atoms with van der Waals surface area (Å²) in [5.74, 6) is 0. The smallest absolute Gasteiger partial charge is 0.0159 e. The minimum atomic E-state index is -0.117. The Kier molecular flexibility index (Phi) is 6.52. The van der Waals surface area contributed by atoms with Crippen molar-refractivity contribution in [2.24, 2.45) is 0 Å². The molecule has 3 aliphatic carbocycles. The van der Waals surface area contributed by atoms with Crippen LogP contribution in [0.25, 0.3) is 77.5 Å². The van der Waals surface area contributed by atoms with E-state index in [1.165, 1.54) is 111 Å². The second kappa shape index (κ2) is 11.0. The van der Waals surface area contributed by atoms with Crippen molar-refractivity contribution in [2.45, 2.75) is 57.8 Å². The number of benzene rings is 8. The van der Waals surface area contributed by atoms with E-state index in [2.05, 4.69) is 199 Å². The van der Waals surface area contributed by atoms with Crippen LogP contribution in [0.4, 0.5) is 0 Å². The lowest BCUT2D eigenvalue weighted by Crippen LogP contribution is -2.16. The molecule has 0 aliphatic heterocycles. The van der Waals surface area contributed by atoms with Crippen LogP contribution in [0.1, 0.15) is 74.9 Å².